The van der Waals surface area contributed by atoms with Crippen LogP contribution in [0, 0.1) is 5.92 Å². The first-order chi connectivity index (χ1) is 7.45. The van der Waals surface area contributed by atoms with Gasteiger partial charge >= 0.3 is 0 Å². The highest BCUT2D eigenvalue weighted by molar-refractivity contribution is 5.85. The van der Waals surface area contributed by atoms with E-state index < -0.39 is 5.54 Å². The molecule has 2 N–H and O–H groups in total. The van der Waals surface area contributed by atoms with Crippen molar-refractivity contribution in [3.8, 4) is 0 Å². The monoisotopic (exact) mass is 227 g/mol. The number of hydrogen-bond acceptors (Lipinski definition) is 3. The van der Waals surface area contributed by atoms with Crippen molar-refractivity contribution in [2.75, 3.05) is 33.7 Å². The number of piperidine rings is 1. The van der Waals surface area contributed by atoms with Gasteiger partial charge in [0.2, 0.25) is 5.91 Å². The lowest BCUT2D eigenvalue weighted by Crippen LogP contribution is -2.52. The molecule has 1 rings (SSSR count). The highest BCUT2D eigenvalue weighted by Crippen LogP contribution is 2.15. The maximum Gasteiger partial charge on any atom is 0.239 e. The van der Waals surface area contributed by atoms with Crippen LogP contribution in [-0.4, -0.2) is 50.1 Å². The average molecular weight is 227 g/mol. The molecule has 0 spiro atoms. The van der Waals surface area contributed by atoms with Crippen LogP contribution in [0.1, 0.15) is 26.7 Å². The van der Waals surface area contributed by atoms with Gasteiger partial charge in [0.15, 0.2) is 0 Å². The molecule has 0 atom stereocenters. The molecular formula is C12H25N3O. The Hall–Kier alpha value is -0.610. The number of hydrogen-bond donors (Lipinski definition) is 2. The Bertz CT molecular complexity index is 232. The first-order valence-electron chi connectivity index (χ1n) is 6.11. The Morgan fingerprint density at radius 3 is 2.44 bits per heavy atom. The molecule has 0 aromatic rings. The molecule has 94 valence electrons. The Morgan fingerprint density at radius 1 is 1.38 bits per heavy atom. The molecule has 0 radical (unpaired) electrons. The summed E-state index contributed by atoms with van der Waals surface area (Å²) in [6.45, 7) is 6.91. The molecule has 16 heavy (non-hydrogen) atoms. The summed E-state index contributed by atoms with van der Waals surface area (Å²) in [6.07, 6.45) is 2.38. The molecule has 0 bridgehead atoms. The minimum atomic E-state index is -0.467. The van der Waals surface area contributed by atoms with E-state index in [1.807, 2.05) is 20.9 Å². The van der Waals surface area contributed by atoms with E-state index in [0.29, 0.717) is 5.92 Å². The van der Waals surface area contributed by atoms with Crippen LogP contribution in [0.4, 0.5) is 0 Å². The van der Waals surface area contributed by atoms with Crippen LogP contribution < -0.4 is 10.6 Å². The van der Waals surface area contributed by atoms with E-state index in [-0.39, 0.29) is 5.91 Å². The number of likely N-dealkylation sites (tertiary alicyclic amines) is 1. The fourth-order valence-corrected chi connectivity index (χ4v) is 1.84. The lowest BCUT2D eigenvalue weighted by Gasteiger charge is -2.30. The largest absolute Gasteiger partial charge is 0.354 e. The normalized spacial score (nSPS) is 19.8. The topological polar surface area (TPSA) is 44.4 Å². The Morgan fingerprint density at radius 2 is 1.94 bits per heavy atom. The summed E-state index contributed by atoms with van der Waals surface area (Å²) in [6, 6.07) is 0. The van der Waals surface area contributed by atoms with Crippen LogP contribution in [-0.2, 0) is 4.79 Å². The van der Waals surface area contributed by atoms with E-state index in [9.17, 15) is 4.79 Å². The molecule has 1 fully saturated rings. The average Bonchev–Trinajstić information content (AvgIpc) is 2.28. The van der Waals surface area contributed by atoms with Gasteiger partial charge in [0.25, 0.3) is 0 Å². The number of carbonyl (C=O) groups is 1. The molecule has 4 heteroatoms. The van der Waals surface area contributed by atoms with Gasteiger partial charge in [-0.15, -0.1) is 0 Å². The third kappa shape index (κ3) is 3.76. The summed E-state index contributed by atoms with van der Waals surface area (Å²) in [7, 11) is 3.97. The Kier molecular flexibility index (Phi) is 4.74. The lowest BCUT2D eigenvalue weighted by molar-refractivity contribution is -0.126. The van der Waals surface area contributed by atoms with E-state index >= 15 is 0 Å². The summed E-state index contributed by atoms with van der Waals surface area (Å²) < 4.78 is 0. The SMILES string of the molecule is CNC(C)(C)C(=O)NCC1CCN(C)CC1. The third-order valence-electron chi connectivity index (χ3n) is 3.58. The molecular weight excluding hydrogens is 202 g/mol. The van der Waals surface area contributed by atoms with Crippen LogP contribution in [0.15, 0.2) is 0 Å². The highest BCUT2D eigenvalue weighted by atomic mass is 16.2. The van der Waals surface area contributed by atoms with Crippen molar-refractivity contribution in [2.24, 2.45) is 5.92 Å². The number of carbonyl (C=O) groups excluding carboxylic acids is 1. The van der Waals surface area contributed by atoms with Gasteiger partial charge in [-0.25, -0.2) is 0 Å². The molecule has 0 aromatic heterocycles. The molecule has 1 aliphatic heterocycles. The minimum absolute atomic E-state index is 0.0916. The molecule has 4 nitrogen and oxygen atoms in total. The number of nitrogens with one attached hydrogen (secondary N) is 2. The van der Waals surface area contributed by atoms with Crippen molar-refractivity contribution < 1.29 is 4.79 Å². The van der Waals surface area contributed by atoms with Gasteiger partial charge in [-0.1, -0.05) is 0 Å². The summed E-state index contributed by atoms with van der Waals surface area (Å²) in [5.74, 6) is 0.738. The van der Waals surface area contributed by atoms with Crippen LogP contribution in [0.2, 0.25) is 0 Å². The first kappa shape index (κ1) is 13.5. The predicted octanol–water partition coefficient (Wildman–Crippen LogP) is 0.442. The fourth-order valence-electron chi connectivity index (χ4n) is 1.84. The van der Waals surface area contributed by atoms with Gasteiger partial charge < -0.3 is 15.5 Å². The molecule has 0 saturated carbocycles. The van der Waals surface area contributed by atoms with Gasteiger partial charge in [-0.2, -0.15) is 0 Å². The molecule has 1 heterocycles. The fraction of sp³-hybridized carbons (Fsp3) is 0.917. The molecule has 1 saturated heterocycles. The number of nitrogens with zero attached hydrogens (tertiary/aromatic N) is 1. The van der Waals surface area contributed by atoms with E-state index in [1.54, 1.807) is 0 Å². The zero-order valence-electron chi connectivity index (χ0n) is 11.0. The van der Waals surface area contributed by atoms with Crippen molar-refractivity contribution in [2.45, 2.75) is 32.2 Å². The lowest BCUT2D eigenvalue weighted by atomic mass is 9.96. The predicted molar refractivity (Wildman–Crippen MR) is 66.4 cm³/mol. The van der Waals surface area contributed by atoms with E-state index in [2.05, 4.69) is 22.6 Å². The van der Waals surface area contributed by atoms with Crippen LogP contribution in [0.25, 0.3) is 0 Å². The summed E-state index contributed by atoms with van der Waals surface area (Å²) in [4.78, 5) is 14.2. The van der Waals surface area contributed by atoms with E-state index in [0.717, 1.165) is 19.6 Å². The second-order valence-electron chi connectivity index (χ2n) is 5.33. The summed E-state index contributed by atoms with van der Waals surface area (Å²) >= 11 is 0. The van der Waals surface area contributed by atoms with E-state index in [4.69, 9.17) is 0 Å². The van der Waals surface area contributed by atoms with Crippen LogP contribution >= 0.6 is 0 Å². The number of rotatable bonds is 4. The zero-order chi connectivity index (χ0) is 12.2. The van der Waals surface area contributed by atoms with Gasteiger partial charge in [0.05, 0.1) is 5.54 Å². The van der Waals surface area contributed by atoms with Gasteiger partial charge in [-0.3, -0.25) is 4.79 Å². The molecule has 1 aliphatic rings. The second-order valence-corrected chi connectivity index (χ2v) is 5.33. The first-order valence-corrected chi connectivity index (χ1v) is 6.11. The summed E-state index contributed by atoms with van der Waals surface area (Å²) in [5.41, 5.74) is -0.467. The maximum atomic E-state index is 11.8. The van der Waals surface area contributed by atoms with Crippen molar-refractivity contribution in [1.29, 1.82) is 0 Å². The molecule has 1 amide bonds. The molecule has 0 aromatic carbocycles. The van der Waals surface area contributed by atoms with Crippen LogP contribution in [0.5, 0.6) is 0 Å². The zero-order valence-corrected chi connectivity index (χ0v) is 11.0. The van der Waals surface area contributed by atoms with Crippen molar-refractivity contribution >= 4 is 5.91 Å². The number of amides is 1. The van der Waals surface area contributed by atoms with Gasteiger partial charge in [-0.05, 0) is 59.8 Å². The maximum absolute atomic E-state index is 11.8. The third-order valence-corrected chi connectivity index (χ3v) is 3.58. The summed E-state index contributed by atoms with van der Waals surface area (Å²) in [5, 5.41) is 6.05. The smallest absolute Gasteiger partial charge is 0.239 e. The van der Waals surface area contributed by atoms with Crippen molar-refractivity contribution in [1.82, 2.24) is 15.5 Å². The van der Waals surface area contributed by atoms with Gasteiger partial charge in [0, 0.05) is 6.54 Å². The van der Waals surface area contributed by atoms with E-state index in [1.165, 1.54) is 12.8 Å². The minimum Gasteiger partial charge on any atom is -0.354 e. The van der Waals surface area contributed by atoms with Crippen molar-refractivity contribution in [3.05, 3.63) is 0 Å². The molecule has 0 aliphatic carbocycles. The highest BCUT2D eigenvalue weighted by Gasteiger charge is 2.26. The standard InChI is InChI=1S/C12H25N3O/c1-12(2,13-3)11(16)14-9-10-5-7-15(4)8-6-10/h10,13H,5-9H2,1-4H3,(H,14,16). The van der Waals surface area contributed by atoms with Crippen LogP contribution in [0.3, 0.4) is 0 Å². The van der Waals surface area contributed by atoms with Crippen molar-refractivity contribution in [3.63, 3.8) is 0 Å². The number of likely N-dealkylation sites (N-methyl/N-ethyl adjacent to an activating group) is 1. The molecule has 0 unspecified atom stereocenters. The Labute approximate surface area is 98.8 Å². The Balaban J connectivity index is 2.27. The quantitative estimate of drug-likeness (QED) is 0.732. The van der Waals surface area contributed by atoms with Gasteiger partial charge in [0.1, 0.15) is 0 Å². The second kappa shape index (κ2) is 5.64.